The molecule has 12 heteroatoms. The molecule has 0 aliphatic carbocycles. The van der Waals surface area contributed by atoms with E-state index >= 15 is 0 Å². The minimum Gasteiger partial charge on any atom is -0.467 e. The number of rotatable bonds is 6. The topological polar surface area (TPSA) is 67.8 Å². The molecule has 0 bridgehead atoms. The zero-order valence-electron chi connectivity index (χ0n) is 16.0. The molecule has 2 N–H and O–H groups in total. The highest BCUT2D eigenvalue weighted by molar-refractivity contribution is 14.0. The highest BCUT2D eigenvalue weighted by Gasteiger charge is 2.33. The number of benzene rings is 1. The summed E-state index contributed by atoms with van der Waals surface area (Å²) in [5.74, 6) is 0.788. The van der Waals surface area contributed by atoms with E-state index in [0.717, 1.165) is 22.3 Å². The van der Waals surface area contributed by atoms with Gasteiger partial charge in [0.25, 0.3) is 0 Å². The monoisotopic (exact) mass is 560 g/mol. The van der Waals surface area contributed by atoms with Crippen molar-refractivity contribution in [1.82, 2.24) is 15.6 Å². The molecule has 1 aliphatic rings. The summed E-state index contributed by atoms with van der Waals surface area (Å²) < 4.78 is 62.1. The quantitative estimate of drug-likeness (QED) is 0.244. The summed E-state index contributed by atoms with van der Waals surface area (Å²) in [6.45, 7) is 1.29. The first kappa shape index (κ1) is 24.6. The molecule has 0 unspecified atom stereocenters. The van der Waals surface area contributed by atoms with Crippen molar-refractivity contribution in [3.63, 3.8) is 0 Å². The van der Waals surface area contributed by atoms with Gasteiger partial charge in [0, 0.05) is 37.5 Å². The summed E-state index contributed by atoms with van der Waals surface area (Å²) in [6.07, 6.45) is -3.58. The number of guanidine groups is 1. The fourth-order valence-electron chi connectivity index (χ4n) is 2.82. The second-order valence-electron chi connectivity index (χ2n) is 6.21. The van der Waals surface area contributed by atoms with E-state index in [1.807, 2.05) is 0 Å². The maximum atomic E-state index is 13.8. The molecule has 0 saturated heterocycles. The number of fused-ring (bicyclic) bond motifs is 1. The molecule has 30 heavy (non-hydrogen) atoms. The van der Waals surface area contributed by atoms with Gasteiger partial charge in [-0.2, -0.15) is 13.2 Å². The number of ether oxygens (including phenoxy) is 2. The Hall–Kier alpha value is -1.67. The zero-order chi connectivity index (χ0) is 20.9. The van der Waals surface area contributed by atoms with Crippen LogP contribution in [0.1, 0.15) is 21.8 Å². The van der Waals surface area contributed by atoms with Crippen LogP contribution < -0.4 is 15.4 Å². The van der Waals surface area contributed by atoms with Crippen LogP contribution in [-0.4, -0.2) is 37.9 Å². The predicted molar refractivity (Wildman–Crippen MR) is 116 cm³/mol. The van der Waals surface area contributed by atoms with E-state index in [9.17, 15) is 17.6 Å². The second-order valence-corrected chi connectivity index (χ2v) is 7.16. The Balaban J connectivity index is 0.00000320. The van der Waals surface area contributed by atoms with Gasteiger partial charge in [0.05, 0.1) is 11.6 Å². The molecular weight excluding hydrogens is 539 g/mol. The molecule has 0 fully saturated rings. The van der Waals surface area contributed by atoms with Crippen molar-refractivity contribution in [2.75, 3.05) is 26.9 Å². The molecule has 1 aliphatic heterocycles. The molecule has 0 saturated carbocycles. The van der Waals surface area contributed by atoms with Gasteiger partial charge < -0.3 is 20.1 Å². The van der Waals surface area contributed by atoms with Crippen LogP contribution in [0.3, 0.4) is 0 Å². The van der Waals surface area contributed by atoms with Crippen molar-refractivity contribution < 1.29 is 27.0 Å². The van der Waals surface area contributed by atoms with Crippen LogP contribution in [0.15, 0.2) is 22.5 Å². The highest BCUT2D eigenvalue weighted by Crippen LogP contribution is 2.30. The lowest BCUT2D eigenvalue weighted by Crippen LogP contribution is -2.39. The molecule has 0 spiro atoms. The third-order valence-corrected chi connectivity index (χ3v) is 5.04. The summed E-state index contributed by atoms with van der Waals surface area (Å²) in [6, 6.07) is 2.83. The van der Waals surface area contributed by atoms with Crippen molar-refractivity contribution in [2.45, 2.75) is 25.6 Å². The lowest BCUT2D eigenvalue weighted by atomic mass is 10.1. The molecule has 6 nitrogen and oxygen atoms in total. The number of halogens is 5. The van der Waals surface area contributed by atoms with E-state index in [-0.39, 0.29) is 36.6 Å². The first-order valence-electron chi connectivity index (χ1n) is 8.85. The van der Waals surface area contributed by atoms with Crippen LogP contribution >= 0.6 is 35.3 Å². The van der Waals surface area contributed by atoms with Crippen LogP contribution in [0.25, 0.3) is 0 Å². The van der Waals surface area contributed by atoms with Crippen LogP contribution in [-0.2, 0) is 30.4 Å². The third kappa shape index (κ3) is 6.67. The summed E-state index contributed by atoms with van der Waals surface area (Å²) >= 11 is 0.974. The molecule has 0 amide bonds. The molecule has 2 heterocycles. The predicted octanol–water partition coefficient (Wildman–Crippen LogP) is 3.74. The van der Waals surface area contributed by atoms with Crippen molar-refractivity contribution in [3.05, 3.63) is 45.2 Å². The summed E-state index contributed by atoms with van der Waals surface area (Å²) in [4.78, 5) is 7.66. The van der Waals surface area contributed by atoms with E-state index in [1.165, 1.54) is 12.1 Å². The largest absolute Gasteiger partial charge is 0.467 e. The SMILES string of the molecule is CN=C(NCCc1nc(C(F)(F)F)cs1)NCCc1cc(F)cc2c1OCOC2.I. The molecule has 166 valence electrons. The Morgan fingerprint density at radius 2 is 1.97 bits per heavy atom. The fourth-order valence-corrected chi connectivity index (χ4v) is 3.63. The van der Waals surface area contributed by atoms with Gasteiger partial charge in [-0.25, -0.2) is 9.37 Å². The van der Waals surface area contributed by atoms with Gasteiger partial charge in [-0.05, 0) is 24.1 Å². The summed E-state index contributed by atoms with van der Waals surface area (Å²) in [5, 5.41) is 7.52. The Labute approximate surface area is 192 Å². The van der Waals surface area contributed by atoms with Crippen LogP contribution in [0.5, 0.6) is 5.75 Å². The first-order chi connectivity index (χ1) is 13.9. The third-order valence-electron chi connectivity index (χ3n) is 4.14. The Morgan fingerprint density at radius 1 is 1.23 bits per heavy atom. The van der Waals surface area contributed by atoms with Crippen LogP contribution in [0.4, 0.5) is 17.6 Å². The average Bonchev–Trinajstić information content (AvgIpc) is 3.16. The minimum absolute atomic E-state index is 0. The fraction of sp³-hybridized carbons (Fsp3) is 0.444. The van der Waals surface area contributed by atoms with Crippen LogP contribution in [0.2, 0.25) is 0 Å². The number of aliphatic imine (C=N–C) groups is 1. The molecule has 1 aromatic carbocycles. The highest BCUT2D eigenvalue weighted by atomic mass is 127. The standard InChI is InChI=1S/C18H20F4N4O2S.HI/c1-23-17(25-5-3-15-26-14(9-29-15)18(20,21)22)24-4-2-11-6-13(19)7-12-8-27-10-28-16(11)12;/h6-7,9H,2-5,8,10H2,1H3,(H2,23,24,25);1H. The summed E-state index contributed by atoms with van der Waals surface area (Å²) in [5.41, 5.74) is 0.537. The van der Waals surface area contributed by atoms with Crippen molar-refractivity contribution in [1.29, 1.82) is 0 Å². The lowest BCUT2D eigenvalue weighted by Gasteiger charge is -2.21. The van der Waals surface area contributed by atoms with Gasteiger partial charge in [0.15, 0.2) is 18.4 Å². The number of hydrogen-bond acceptors (Lipinski definition) is 5. The second kappa shape index (κ2) is 11.1. The summed E-state index contributed by atoms with van der Waals surface area (Å²) in [7, 11) is 1.59. The Morgan fingerprint density at radius 3 is 2.63 bits per heavy atom. The number of hydrogen-bond donors (Lipinski definition) is 2. The first-order valence-corrected chi connectivity index (χ1v) is 9.72. The molecule has 3 rings (SSSR count). The number of thiazole rings is 1. The number of alkyl halides is 3. The van der Waals surface area contributed by atoms with E-state index in [2.05, 4.69) is 20.6 Å². The van der Waals surface area contributed by atoms with Crippen LogP contribution in [0, 0.1) is 5.82 Å². The van der Waals surface area contributed by atoms with Gasteiger partial charge in [-0.1, -0.05) is 0 Å². The van der Waals surface area contributed by atoms with E-state index < -0.39 is 11.9 Å². The van der Waals surface area contributed by atoms with Gasteiger partial charge in [-0.15, -0.1) is 35.3 Å². The van der Waals surface area contributed by atoms with Crippen molar-refractivity contribution in [2.24, 2.45) is 4.99 Å². The van der Waals surface area contributed by atoms with Gasteiger partial charge in [0.1, 0.15) is 11.6 Å². The Bertz CT molecular complexity index is 876. The average molecular weight is 560 g/mol. The number of nitrogens with one attached hydrogen (secondary N) is 2. The smallest absolute Gasteiger partial charge is 0.434 e. The molecule has 2 aromatic rings. The number of aromatic nitrogens is 1. The molecule has 0 radical (unpaired) electrons. The van der Waals surface area contributed by atoms with Crippen molar-refractivity contribution >= 4 is 41.3 Å². The van der Waals surface area contributed by atoms with Gasteiger partial charge in [0.2, 0.25) is 0 Å². The minimum atomic E-state index is -4.42. The maximum absolute atomic E-state index is 13.8. The maximum Gasteiger partial charge on any atom is 0.434 e. The van der Waals surface area contributed by atoms with Gasteiger partial charge in [-0.3, -0.25) is 4.99 Å². The van der Waals surface area contributed by atoms with Gasteiger partial charge >= 0.3 is 6.18 Å². The molecule has 1 aromatic heterocycles. The van der Waals surface area contributed by atoms with E-state index in [1.54, 1.807) is 7.05 Å². The lowest BCUT2D eigenvalue weighted by molar-refractivity contribution is -0.140. The normalized spacial score (nSPS) is 13.8. The molecule has 0 atom stereocenters. The molecular formula is C18H21F4IN4O2S. The van der Waals surface area contributed by atoms with Crippen molar-refractivity contribution in [3.8, 4) is 5.75 Å². The van der Waals surface area contributed by atoms with E-state index in [4.69, 9.17) is 9.47 Å². The Kier molecular flexibility index (Phi) is 9.09. The van der Waals surface area contributed by atoms with E-state index in [0.29, 0.717) is 54.8 Å². The number of nitrogens with zero attached hydrogens (tertiary/aromatic N) is 2. The zero-order valence-corrected chi connectivity index (χ0v) is 19.2.